The average molecular weight is 326 g/mol. The largest absolute Gasteiger partial charge is 0.368 e. The standard InChI is InChI=1S/C18H22N4O2/c1-14-2-4-15(5-3-14)12-19-16-8-10-21(11-9-16)17-6-7-18(20-13-17)22(23)24/h2-7,13,16,19H,8-12H2,1H3. The first kappa shape index (κ1) is 16.4. The normalized spacial score (nSPS) is 15.5. The van der Waals surface area contributed by atoms with Crippen molar-refractivity contribution in [2.45, 2.75) is 32.4 Å². The summed E-state index contributed by atoms with van der Waals surface area (Å²) in [5.74, 6) is -0.103. The Hall–Kier alpha value is -2.47. The van der Waals surface area contributed by atoms with E-state index in [1.54, 1.807) is 12.3 Å². The van der Waals surface area contributed by atoms with Crippen LogP contribution in [0.25, 0.3) is 0 Å². The van der Waals surface area contributed by atoms with Crippen LogP contribution in [-0.2, 0) is 6.54 Å². The number of hydrogen-bond donors (Lipinski definition) is 1. The molecule has 6 heteroatoms. The fraction of sp³-hybridized carbons (Fsp3) is 0.389. The van der Waals surface area contributed by atoms with Crippen molar-refractivity contribution in [1.82, 2.24) is 10.3 Å². The molecule has 1 fully saturated rings. The number of piperidine rings is 1. The van der Waals surface area contributed by atoms with Crippen molar-refractivity contribution in [1.29, 1.82) is 0 Å². The Morgan fingerprint density at radius 1 is 1.21 bits per heavy atom. The zero-order chi connectivity index (χ0) is 16.9. The van der Waals surface area contributed by atoms with Crippen molar-refractivity contribution >= 4 is 11.5 Å². The van der Waals surface area contributed by atoms with E-state index in [2.05, 4.69) is 46.4 Å². The van der Waals surface area contributed by atoms with E-state index in [9.17, 15) is 10.1 Å². The summed E-state index contributed by atoms with van der Waals surface area (Å²) in [5, 5.41) is 14.3. The number of hydrogen-bond acceptors (Lipinski definition) is 5. The van der Waals surface area contributed by atoms with E-state index in [1.807, 2.05) is 0 Å². The van der Waals surface area contributed by atoms with E-state index in [0.29, 0.717) is 6.04 Å². The molecule has 0 unspecified atom stereocenters. The minimum absolute atomic E-state index is 0.103. The molecule has 1 aliphatic heterocycles. The molecule has 3 rings (SSSR count). The molecule has 2 heterocycles. The molecule has 24 heavy (non-hydrogen) atoms. The molecule has 0 amide bonds. The topological polar surface area (TPSA) is 71.3 Å². The van der Waals surface area contributed by atoms with Crippen LogP contribution in [0.3, 0.4) is 0 Å². The second-order valence-corrected chi connectivity index (χ2v) is 6.26. The first-order valence-corrected chi connectivity index (χ1v) is 8.26. The molecule has 0 saturated carbocycles. The van der Waals surface area contributed by atoms with Gasteiger partial charge in [0.2, 0.25) is 0 Å². The molecular weight excluding hydrogens is 304 g/mol. The van der Waals surface area contributed by atoms with E-state index in [0.717, 1.165) is 38.2 Å². The molecule has 6 nitrogen and oxygen atoms in total. The highest BCUT2D eigenvalue weighted by atomic mass is 16.6. The Kier molecular flexibility index (Phi) is 5.05. The Balaban J connectivity index is 1.48. The maximum absolute atomic E-state index is 10.7. The highest BCUT2D eigenvalue weighted by molar-refractivity contribution is 5.46. The van der Waals surface area contributed by atoms with Gasteiger partial charge in [0.1, 0.15) is 0 Å². The van der Waals surface area contributed by atoms with Crippen LogP contribution in [0.1, 0.15) is 24.0 Å². The van der Waals surface area contributed by atoms with Crippen LogP contribution in [0.2, 0.25) is 0 Å². The maximum atomic E-state index is 10.7. The number of rotatable bonds is 5. The van der Waals surface area contributed by atoms with Gasteiger partial charge < -0.3 is 20.3 Å². The van der Waals surface area contributed by atoms with Crippen LogP contribution in [0.15, 0.2) is 42.6 Å². The average Bonchev–Trinajstić information content (AvgIpc) is 2.62. The maximum Gasteiger partial charge on any atom is 0.363 e. The van der Waals surface area contributed by atoms with Crippen LogP contribution < -0.4 is 10.2 Å². The minimum atomic E-state index is -0.467. The van der Waals surface area contributed by atoms with Gasteiger partial charge in [-0.2, -0.15) is 0 Å². The number of aryl methyl sites for hydroxylation is 1. The minimum Gasteiger partial charge on any atom is -0.368 e. The lowest BCUT2D eigenvalue weighted by Gasteiger charge is -2.33. The van der Waals surface area contributed by atoms with Crippen LogP contribution in [-0.4, -0.2) is 29.0 Å². The Morgan fingerprint density at radius 2 is 1.92 bits per heavy atom. The van der Waals surface area contributed by atoms with E-state index < -0.39 is 4.92 Å². The molecule has 0 radical (unpaired) electrons. The summed E-state index contributed by atoms with van der Waals surface area (Å²) in [7, 11) is 0. The SMILES string of the molecule is Cc1ccc(CNC2CCN(c3ccc([N+](=O)[O-])nc3)CC2)cc1. The van der Waals surface area contributed by atoms with Gasteiger partial charge in [-0.1, -0.05) is 29.8 Å². The monoisotopic (exact) mass is 326 g/mol. The van der Waals surface area contributed by atoms with Crippen LogP contribution >= 0.6 is 0 Å². The smallest absolute Gasteiger partial charge is 0.363 e. The van der Waals surface area contributed by atoms with Crippen molar-refractivity contribution < 1.29 is 4.92 Å². The van der Waals surface area contributed by atoms with Gasteiger partial charge in [-0.3, -0.25) is 0 Å². The molecule has 0 aliphatic carbocycles. The summed E-state index contributed by atoms with van der Waals surface area (Å²) < 4.78 is 0. The van der Waals surface area contributed by atoms with Crippen molar-refractivity contribution in [3.63, 3.8) is 0 Å². The zero-order valence-electron chi connectivity index (χ0n) is 13.8. The number of nitro groups is 1. The van der Waals surface area contributed by atoms with Gasteiger partial charge in [-0.15, -0.1) is 0 Å². The lowest BCUT2D eigenvalue weighted by Crippen LogP contribution is -2.42. The van der Waals surface area contributed by atoms with E-state index in [1.165, 1.54) is 17.2 Å². The van der Waals surface area contributed by atoms with Gasteiger partial charge in [0, 0.05) is 31.7 Å². The van der Waals surface area contributed by atoms with Gasteiger partial charge in [-0.25, -0.2) is 0 Å². The number of benzene rings is 1. The molecule has 126 valence electrons. The summed E-state index contributed by atoms with van der Waals surface area (Å²) in [6.07, 6.45) is 3.71. The Bertz CT molecular complexity index is 677. The number of pyridine rings is 1. The van der Waals surface area contributed by atoms with Crippen molar-refractivity contribution in [2.75, 3.05) is 18.0 Å². The lowest BCUT2D eigenvalue weighted by atomic mass is 10.0. The Labute approximate surface area is 141 Å². The van der Waals surface area contributed by atoms with Gasteiger partial charge in [0.25, 0.3) is 0 Å². The highest BCUT2D eigenvalue weighted by Crippen LogP contribution is 2.21. The lowest BCUT2D eigenvalue weighted by molar-refractivity contribution is -0.389. The summed E-state index contributed by atoms with van der Waals surface area (Å²) in [6.45, 7) is 4.86. The van der Waals surface area contributed by atoms with Crippen LogP contribution in [0.5, 0.6) is 0 Å². The number of nitrogens with one attached hydrogen (secondary N) is 1. The number of anilines is 1. The molecule has 0 bridgehead atoms. The summed E-state index contributed by atoms with van der Waals surface area (Å²) in [4.78, 5) is 16.3. The third kappa shape index (κ3) is 4.08. The molecule has 1 aromatic heterocycles. The Morgan fingerprint density at radius 3 is 2.50 bits per heavy atom. The van der Waals surface area contributed by atoms with Gasteiger partial charge in [0.15, 0.2) is 6.20 Å². The molecule has 1 N–H and O–H groups in total. The fourth-order valence-electron chi connectivity index (χ4n) is 2.98. The fourth-order valence-corrected chi connectivity index (χ4v) is 2.98. The number of aromatic nitrogens is 1. The first-order chi connectivity index (χ1) is 11.6. The summed E-state index contributed by atoms with van der Waals surface area (Å²) in [6, 6.07) is 12.4. The quantitative estimate of drug-likeness (QED) is 0.675. The number of nitrogens with zero attached hydrogens (tertiary/aromatic N) is 3. The van der Waals surface area contributed by atoms with Gasteiger partial charge >= 0.3 is 5.82 Å². The molecular formula is C18H22N4O2. The zero-order valence-corrected chi connectivity index (χ0v) is 13.8. The second kappa shape index (κ2) is 7.40. The molecule has 1 aromatic carbocycles. The van der Waals surface area contributed by atoms with Crippen molar-refractivity contribution in [2.24, 2.45) is 0 Å². The summed E-state index contributed by atoms with van der Waals surface area (Å²) in [5.41, 5.74) is 3.55. The van der Waals surface area contributed by atoms with Crippen molar-refractivity contribution in [3.8, 4) is 0 Å². The second-order valence-electron chi connectivity index (χ2n) is 6.26. The van der Waals surface area contributed by atoms with Gasteiger partial charge in [0.05, 0.1) is 5.69 Å². The predicted molar refractivity (Wildman–Crippen MR) is 94.1 cm³/mol. The molecule has 0 atom stereocenters. The molecule has 1 saturated heterocycles. The molecule has 2 aromatic rings. The molecule has 1 aliphatic rings. The van der Waals surface area contributed by atoms with E-state index >= 15 is 0 Å². The van der Waals surface area contributed by atoms with E-state index in [4.69, 9.17) is 0 Å². The molecule has 0 spiro atoms. The van der Waals surface area contributed by atoms with E-state index in [-0.39, 0.29) is 5.82 Å². The summed E-state index contributed by atoms with van der Waals surface area (Å²) >= 11 is 0. The highest BCUT2D eigenvalue weighted by Gasteiger charge is 2.20. The van der Waals surface area contributed by atoms with Crippen LogP contribution in [0.4, 0.5) is 11.5 Å². The van der Waals surface area contributed by atoms with Crippen molar-refractivity contribution in [3.05, 3.63) is 63.8 Å². The predicted octanol–water partition coefficient (Wildman–Crippen LogP) is 3.06. The first-order valence-electron chi connectivity index (χ1n) is 8.26. The third-order valence-electron chi connectivity index (χ3n) is 4.49. The third-order valence-corrected chi connectivity index (χ3v) is 4.49. The van der Waals surface area contributed by atoms with Crippen LogP contribution in [0, 0.1) is 17.0 Å². The van der Waals surface area contributed by atoms with Gasteiger partial charge in [-0.05, 0) is 41.3 Å².